The minimum absolute atomic E-state index is 0.233. The van der Waals surface area contributed by atoms with Crippen molar-refractivity contribution in [2.24, 2.45) is 0 Å². The van der Waals surface area contributed by atoms with Crippen molar-refractivity contribution in [2.45, 2.75) is 19.1 Å². The van der Waals surface area contributed by atoms with E-state index in [1.54, 1.807) is 18.2 Å². The number of hydrogen-bond donors (Lipinski definition) is 0. The average Bonchev–Trinajstić information content (AvgIpc) is 2.28. The van der Waals surface area contributed by atoms with E-state index < -0.39 is 0 Å². The van der Waals surface area contributed by atoms with Gasteiger partial charge in [0, 0.05) is 9.99 Å². The summed E-state index contributed by atoms with van der Waals surface area (Å²) in [5.41, 5.74) is 0.184. The first-order valence-electron chi connectivity index (χ1n) is 4.60. The van der Waals surface area contributed by atoms with Gasteiger partial charge in [-0.1, -0.05) is 40.8 Å². The van der Waals surface area contributed by atoms with Crippen LogP contribution in [0.15, 0.2) is 24.3 Å². The number of hydrogen-bond acceptors (Lipinski definition) is 1. The molecule has 0 aliphatic carbocycles. The molecule has 1 atom stereocenters. The van der Waals surface area contributed by atoms with Crippen LogP contribution >= 0.6 is 34.2 Å². The maximum absolute atomic E-state index is 13.3. The summed E-state index contributed by atoms with van der Waals surface area (Å²) < 4.78 is 19.7. The van der Waals surface area contributed by atoms with Crippen molar-refractivity contribution < 1.29 is 9.13 Å². The second-order valence-corrected chi connectivity index (χ2v) is 4.63. The lowest BCUT2D eigenvalue weighted by Crippen LogP contribution is -2.32. The highest BCUT2D eigenvalue weighted by molar-refractivity contribution is 14.1. The monoisotopic (exact) mass is 342 g/mol. The van der Waals surface area contributed by atoms with Crippen LogP contribution in [0.3, 0.4) is 0 Å². The van der Waals surface area contributed by atoms with Gasteiger partial charge in [-0.05, 0) is 13.0 Å². The molecule has 0 radical (unpaired) electrons. The Hall–Kier alpha value is 0.130. The molecule has 0 amide bonds. The fourth-order valence-electron chi connectivity index (χ4n) is 0.980. The molecule has 0 aliphatic heterocycles. The molecule has 84 valence electrons. The zero-order chi connectivity index (χ0) is 11.3. The van der Waals surface area contributed by atoms with Gasteiger partial charge in [0.1, 0.15) is 5.82 Å². The molecular weight excluding hydrogens is 329 g/mol. The van der Waals surface area contributed by atoms with Crippen LogP contribution in [0.1, 0.15) is 12.5 Å². The SMILES string of the molecule is CC(CCl)(CI)OCc1ccccc1F. The second kappa shape index (κ2) is 6.01. The van der Waals surface area contributed by atoms with E-state index in [0.29, 0.717) is 11.4 Å². The van der Waals surface area contributed by atoms with Crippen LogP contribution in [0.2, 0.25) is 0 Å². The Morgan fingerprint density at radius 1 is 1.47 bits per heavy atom. The fourth-order valence-corrected chi connectivity index (χ4v) is 1.96. The number of benzene rings is 1. The van der Waals surface area contributed by atoms with Gasteiger partial charge < -0.3 is 4.74 Å². The predicted octanol–water partition coefficient (Wildman–Crippen LogP) is 3.77. The zero-order valence-electron chi connectivity index (χ0n) is 8.47. The van der Waals surface area contributed by atoms with Gasteiger partial charge in [0.2, 0.25) is 0 Å². The van der Waals surface area contributed by atoms with Crippen LogP contribution in [-0.4, -0.2) is 15.9 Å². The number of alkyl halides is 2. The van der Waals surface area contributed by atoms with E-state index in [1.807, 2.05) is 6.92 Å². The highest BCUT2D eigenvalue weighted by atomic mass is 127. The molecule has 0 saturated carbocycles. The largest absolute Gasteiger partial charge is 0.368 e. The summed E-state index contributed by atoms with van der Waals surface area (Å²) in [6.07, 6.45) is 0. The Balaban J connectivity index is 2.61. The molecule has 1 aromatic carbocycles. The molecule has 0 fully saturated rings. The lowest BCUT2D eigenvalue weighted by atomic mass is 10.1. The molecule has 0 bridgehead atoms. The first-order chi connectivity index (χ1) is 7.11. The van der Waals surface area contributed by atoms with Gasteiger partial charge >= 0.3 is 0 Å². The summed E-state index contributed by atoms with van der Waals surface area (Å²) in [4.78, 5) is 0. The summed E-state index contributed by atoms with van der Waals surface area (Å²) in [5.74, 6) is 0.174. The highest BCUT2D eigenvalue weighted by Crippen LogP contribution is 2.19. The molecule has 0 aliphatic rings. The topological polar surface area (TPSA) is 9.23 Å². The third-order valence-corrected chi connectivity index (χ3v) is 4.28. The molecule has 1 unspecified atom stereocenters. The Morgan fingerprint density at radius 3 is 2.67 bits per heavy atom. The van der Waals surface area contributed by atoms with Gasteiger partial charge in [0.15, 0.2) is 0 Å². The standard InChI is InChI=1S/C11H13ClFIO/c1-11(7-12,8-14)15-6-9-4-2-3-5-10(9)13/h2-5H,6-8H2,1H3. The smallest absolute Gasteiger partial charge is 0.128 e. The fraction of sp³-hybridized carbons (Fsp3) is 0.455. The maximum Gasteiger partial charge on any atom is 0.128 e. The third-order valence-electron chi connectivity index (χ3n) is 2.10. The Labute approximate surface area is 108 Å². The van der Waals surface area contributed by atoms with Crippen LogP contribution in [0.5, 0.6) is 0 Å². The molecule has 0 heterocycles. The van der Waals surface area contributed by atoms with E-state index in [4.69, 9.17) is 16.3 Å². The summed E-state index contributed by atoms with van der Waals surface area (Å²) in [6, 6.07) is 6.61. The zero-order valence-corrected chi connectivity index (χ0v) is 11.4. The minimum Gasteiger partial charge on any atom is -0.368 e. The molecule has 1 nitrogen and oxygen atoms in total. The van der Waals surface area contributed by atoms with Gasteiger partial charge in [0.05, 0.1) is 18.1 Å². The normalized spacial score (nSPS) is 14.9. The maximum atomic E-state index is 13.3. The lowest BCUT2D eigenvalue weighted by molar-refractivity contribution is -0.00762. The van der Waals surface area contributed by atoms with E-state index in [2.05, 4.69) is 22.6 Å². The van der Waals surface area contributed by atoms with E-state index in [0.717, 1.165) is 4.43 Å². The van der Waals surface area contributed by atoms with Gasteiger partial charge in [-0.2, -0.15) is 0 Å². The van der Waals surface area contributed by atoms with Crippen LogP contribution in [0, 0.1) is 5.82 Å². The molecule has 1 aromatic rings. The first-order valence-corrected chi connectivity index (χ1v) is 6.66. The van der Waals surface area contributed by atoms with Crippen LogP contribution < -0.4 is 0 Å². The van der Waals surface area contributed by atoms with Crippen LogP contribution in [0.4, 0.5) is 4.39 Å². The highest BCUT2D eigenvalue weighted by Gasteiger charge is 2.22. The number of ether oxygens (including phenoxy) is 1. The van der Waals surface area contributed by atoms with Crippen molar-refractivity contribution in [3.05, 3.63) is 35.6 Å². The van der Waals surface area contributed by atoms with E-state index in [-0.39, 0.29) is 18.0 Å². The molecule has 4 heteroatoms. The minimum atomic E-state index is -0.385. The Morgan fingerprint density at radius 2 is 2.13 bits per heavy atom. The lowest BCUT2D eigenvalue weighted by Gasteiger charge is -2.25. The first kappa shape index (κ1) is 13.2. The molecule has 0 saturated heterocycles. The van der Waals surface area contributed by atoms with Crippen molar-refractivity contribution in [3.8, 4) is 0 Å². The van der Waals surface area contributed by atoms with Gasteiger partial charge in [-0.15, -0.1) is 11.6 Å². The Kier molecular flexibility index (Phi) is 5.29. The van der Waals surface area contributed by atoms with Crippen LogP contribution in [0.25, 0.3) is 0 Å². The number of rotatable bonds is 5. The average molecular weight is 343 g/mol. The third kappa shape index (κ3) is 3.89. The van der Waals surface area contributed by atoms with Crippen molar-refractivity contribution in [1.82, 2.24) is 0 Å². The molecule has 15 heavy (non-hydrogen) atoms. The molecular formula is C11H13ClFIO. The quantitative estimate of drug-likeness (QED) is 0.584. The van der Waals surface area contributed by atoms with E-state index >= 15 is 0 Å². The summed E-state index contributed by atoms with van der Waals surface area (Å²) in [6.45, 7) is 2.19. The number of halogens is 3. The molecule has 0 aromatic heterocycles. The van der Waals surface area contributed by atoms with E-state index in [9.17, 15) is 4.39 Å². The van der Waals surface area contributed by atoms with Gasteiger partial charge in [-0.3, -0.25) is 0 Å². The summed E-state index contributed by atoms with van der Waals surface area (Å²) >= 11 is 8.01. The Bertz CT molecular complexity index is 315. The summed E-state index contributed by atoms with van der Waals surface area (Å²) in [7, 11) is 0. The van der Waals surface area contributed by atoms with Crippen molar-refractivity contribution in [2.75, 3.05) is 10.3 Å². The molecule has 0 spiro atoms. The second-order valence-electron chi connectivity index (χ2n) is 3.60. The van der Waals surface area contributed by atoms with Crippen LogP contribution in [-0.2, 0) is 11.3 Å². The van der Waals surface area contributed by atoms with Crippen molar-refractivity contribution >= 4 is 34.2 Å². The van der Waals surface area contributed by atoms with Crippen molar-refractivity contribution in [1.29, 1.82) is 0 Å². The van der Waals surface area contributed by atoms with Gasteiger partial charge in [-0.25, -0.2) is 4.39 Å². The predicted molar refractivity (Wildman–Crippen MR) is 69.2 cm³/mol. The van der Waals surface area contributed by atoms with E-state index in [1.165, 1.54) is 6.07 Å². The summed E-state index contributed by atoms with van der Waals surface area (Å²) in [5, 5.41) is 0. The van der Waals surface area contributed by atoms with Gasteiger partial charge in [0.25, 0.3) is 0 Å². The van der Waals surface area contributed by atoms with Crippen molar-refractivity contribution in [3.63, 3.8) is 0 Å². The molecule has 1 rings (SSSR count). The molecule has 0 N–H and O–H groups in total.